The van der Waals surface area contributed by atoms with Gasteiger partial charge in [0.2, 0.25) is 17.7 Å². The summed E-state index contributed by atoms with van der Waals surface area (Å²) in [7, 11) is 0. The van der Waals surface area contributed by atoms with Gasteiger partial charge in [0.25, 0.3) is 11.8 Å². The third-order valence-corrected chi connectivity index (χ3v) is 14.3. The highest BCUT2D eigenvalue weighted by Gasteiger charge is 2.40. The molecule has 3 aromatic rings. The highest BCUT2D eigenvalue weighted by atomic mass is 16.2. The van der Waals surface area contributed by atoms with Crippen molar-refractivity contribution in [3.05, 3.63) is 88.9 Å². The zero-order chi connectivity index (χ0) is 45.0. The molecule has 1 atom stereocenters. The Morgan fingerprint density at radius 1 is 0.800 bits per heavy atom. The number of amides is 5. The first-order valence-corrected chi connectivity index (χ1v) is 24.2. The van der Waals surface area contributed by atoms with Crippen molar-refractivity contribution in [2.45, 2.75) is 109 Å². The fourth-order valence-corrected chi connectivity index (χ4v) is 10.4. The second-order valence-corrected chi connectivity index (χ2v) is 18.5. The highest BCUT2D eigenvalue weighted by molar-refractivity contribution is 6.05. The lowest BCUT2D eigenvalue weighted by atomic mass is 9.91. The molecule has 5 aliphatic heterocycles. The number of carbonyl (C=O) groups is 5. The van der Waals surface area contributed by atoms with Crippen LogP contribution in [0.15, 0.2) is 60.9 Å². The number of aromatic nitrogens is 3. The molecular weight excluding hydrogens is 821 g/mol. The van der Waals surface area contributed by atoms with Crippen molar-refractivity contribution in [3.63, 3.8) is 0 Å². The third-order valence-electron chi connectivity index (χ3n) is 14.3. The van der Waals surface area contributed by atoms with Crippen LogP contribution >= 0.6 is 0 Å². The molecule has 0 aliphatic carbocycles. The Morgan fingerprint density at radius 3 is 2.37 bits per heavy atom. The molecule has 15 nitrogen and oxygen atoms in total. The van der Waals surface area contributed by atoms with Crippen LogP contribution in [-0.2, 0) is 27.3 Å². The molecule has 1 unspecified atom stereocenters. The van der Waals surface area contributed by atoms with E-state index in [4.69, 9.17) is 0 Å². The van der Waals surface area contributed by atoms with Gasteiger partial charge >= 0.3 is 0 Å². The van der Waals surface area contributed by atoms with Gasteiger partial charge in [-0.3, -0.25) is 39.2 Å². The summed E-state index contributed by atoms with van der Waals surface area (Å²) < 4.78 is 0. The Bertz CT molecular complexity index is 2130. The number of piperidine rings is 3. The number of rotatable bonds is 18. The number of aryl methyl sites for hydroxylation is 1. The zero-order valence-electron chi connectivity index (χ0n) is 37.9. The Labute approximate surface area is 383 Å². The largest absolute Gasteiger partial charge is 0.355 e. The van der Waals surface area contributed by atoms with Crippen LogP contribution in [0.2, 0.25) is 0 Å². The van der Waals surface area contributed by atoms with Crippen LogP contribution in [0.25, 0.3) is 6.08 Å². The number of piperazine rings is 1. The summed E-state index contributed by atoms with van der Waals surface area (Å²) in [6.45, 7) is 10.0. The van der Waals surface area contributed by atoms with Crippen molar-refractivity contribution < 1.29 is 24.0 Å². The number of hydrogen-bond donors (Lipinski definition) is 2. The fraction of sp³-hybridized carbons (Fsp3) is 0.560. The number of nitrogens with zero attached hydrogens (tertiary/aromatic N) is 8. The summed E-state index contributed by atoms with van der Waals surface area (Å²) in [5, 5.41) is 14.3. The highest BCUT2D eigenvalue weighted by Crippen LogP contribution is 2.31. The van der Waals surface area contributed by atoms with Gasteiger partial charge in [-0.15, -0.1) is 10.2 Å². The first-order chi connectivity index (χ1) is 31.8. The number of likely N-dealkylation sites (tertiary alicyclic amines) is 1. The Kier molecular flexibility index (Phi) is 16.0. The molecule has 7 heterocycles. The summed E-state index contributed by atoms with van der Waals surface area (Å²) in [6.07, 6.45) is 20.2. The smallest absolute Gasteiger partial charge is 0.274 e. The maximum absolute atomic E-state index is 13.3. The molecule has 15 heteroatoms. The number of unbranched alkanes of at least 4 members (excludes halogenated alkanes) is 4. The molecule has 1 aromatic carbocycles. The van der Waals surface area contributed by atoms with E-state index < -0.39 is 6.04 Å². The maximum Gasteiger partial charge on any atom is 0.274 e. The second-order valence-electron chi connectivity index (χ2n) is 18.5. The van der Waals surface area contributed by atoms with Crippen molar-refractivity contribution in [1.82, 2.24) is 45.4 Å². The minimum Gasteiger partial charge on any atom is -0.355 e. The van der Waals surface area contributed by atoms with Crippen molar-refractivity contribution in [2.75, 3.05) is 70.3 Å². The first-order valence-electron chi connectivity index (χ1n) is 24.2. The molecule has 65 heavy (non-hydrogen) atoms. The van der Waals surface area contributed by atoms with Crippen molar-refractivity contribution in [2.24, 2.45) is 5.92 Å². The number of benzene rings is 1. The van der Waals surface area contributed by atoms with Crippen LogP contribution in [0.1, 0.15) is 121 Å². The number of pyridine rings is 1. The van der Waals surface area contributed by atoms with E-state index in [2.05, 4.69) is 46.6 Å². The van der Waals surface area contributed by atoms with Gasteiger partial charge in [-0.1, -0.05) is 43.9 Å². The SMILES string of the molecule is O=C(/C=C/c1cccnc1)NCCCCC1CCN(C(=O)c2ccc(N3CCC(N4CCN(CCCCCCc5cccc6c5CN(C5CCC(=O)NC5=O)C6=O)CC4)CC3)nn2)CC1. The summed E-state index contributed by atoms with van der Waals surface area (Å²) in [5.74, 6) is 0.591. The van der Waals surface area contributed by atoms with Gasteiger partial charge in [0, 0.05) is 102 Å². The van der Waals surface area contributed by atoms with E-state index >= 15 is 0 Å². The van der Waals surface area contributed by atoms with Crippen molar-refractivity contribution >= 4 is 41.4 Å². The Hall–Kier alpha value is -5.54. The number of nitrogens with one attached hydrogen (secondary N) is 2. The topological polar surface area (TPSA) is 164 Å². The van der Waals surface area contributed by atoms with Gasteiger partial charge in [0.05, 0.1) is 0 Å². The average molecular weight is 887 g/mol. The summed E-state index contributed by atoms with van der Waals surface area (Å²) in [5.41, 5.74) is 4.26. The summed E-state index contributed by atoms with van der Waals surface area (Å²) in [6, 6.07) is 13.5. The van der Waals surface area contributed by atoms with Gasteiger partial charge in [0.1, 0.15) is 6.04 Å². The zero-order valence-corrected chi connectivity index (χ0v) is 37.9. The quantitative estimate of drug-likeness (QED) is 0.102. The minimum atomic E-state index is -0.577. The van der Waals surface area contributed by atoms with Crippen molar-refractivity contribution in [1.29, 1.82) is 0 Å². The van der Waals surface area contributed by atoms with E-state index in [9.17, 15) is 24.0 Å². The van der Waals surface area contributed by atoms with Crippen LogP contribution in [0.4, 0.5) is 5.82 Å². The van der Waals surface area contributed by atoms with Gasteiger partial charge in [0.15, 0.2) is 11.5 Å². The molecule has 346 valence electrons. The van der Waals surface area contributed by atoms with Crippen LogP contribution in [0.5, 0.6) is 0 Å². The number of fused-ring (bicyclic) bond motifs is 1. The summed E-state index contributed by atoms with van der Waals surface area (Å²) in [4.78, 5) is 77.9. The lowest BCUT2D eigenvalue weighted by Gasteiger charge is -2.43. The molecule has 5 amide bonds. The second kappa shape index (κ2) is 22.6. The Morgan fingerprint density at radius 2 is 1.62 bits per heavy atom. The van der Waals surface area contributed by atoms with Crippen molar-refractivity contribution in [3.8, 4) is 0 Å². The molecular formula is C50H66N10O5. The molecule has 0 bridgehead atoms. The number of carbonyl (C=O) groups excluding carboxylic acids is 5. The standard InChI is InChI=1S/C50H66N10O5/c61-46(18-14-38-10-8-24-51-35-38)52-25-5-4-9-37-20-27-59(28-21-37)50(65)43-15-17-45(55-54-43)58-29-22-40(23-30-58)57-33-31-56(32-34-57)26-6-2-1-3-11-39-12-7-13-41-42(39)36-60(49(41)64)44-16-19-47(62)53-48(44)63/h7-8,10,12-15,17-18,24,35,37,40,44H,1-6,9,11,16,19-23,25-34,36H2,(H,52,61)(H,53,62,63)/b18-14+. The molecule has 0 saturated carbocycles. The Balaban J connectivity index is 0.659. The molecule has 0 spiro atoms. The predicted octanol–water partition coefficient (Wildman–Crippen LogP) is 4.87. The van der Waals surface area contributed by atoms with E-state index in [0.29, 0.717) is 42.7 Å². The van der Waals surface area contributed by atoms with Gasteiger partial charge in [-0.05, 0) is 117 Å². The van der Waals surface area contributed by atoms with E-state index in [1.807, 2.05) is 41.3 Å². The van der Waals surface area contributed by atoms with Gasteiger partial charge < -0.3 is 24.9 Å². The third kappa shape index (κ3) is 12.2. The molecule has 4 fully saturated rings. The average Bonchev–Trinajstić information content (AvgIpc) is 3.68. The number of hydrogen-bond acceptors (Lipinski definition) is 11. The van der Waals surface area contributed by atoms with Gasteiger partial charge in [-0.2, -0.15) is 0 Å². The number of anilines is 1. The van der Waals surface area contributed by atoms with E-state index in [-0.39, 0.29) is 36.0 Å². The van der Waals surface area contributed by atoms with Crippen LogP contribution in [0, 0.1) is 5.92 Å². The van der Waals surface area contributed by atoms with Crippen LogP contribution < -0.4 is 15.5 Å². The van der Waals surface area contributed by atoms with E-state index in [1.54, 1.807) is 29.4 Å². The normalized spacial score (nSPS) is 20.4. The first kappa shape index (κ1) is 46.0. The molecule has 2 N–H and O–H groups in total. The lowest BCUT2D eigenvalue weighted by molar-refractivity contribution is -0.137. The van der Waals surface area contributed by atoms with Crippen LogP contribution in [-0.4, -0.2) is 142 Å². The van der Waals surface area contributed by atoms with Gasteiger partial charge in [-0.25, -0.2) is 0 Å². The molecule has 0 radical (unpaired) electrons. The molecule has 4 saturated heterocycles. The van der Waals surface area contributed by atoms with E-state index in [1.165, 1.54) is 18.4 Å². The maximum atomic E-state index is 13.3. The van der Waals surface area contributed by atoms with Crippen LogP contribution in [0.3, 0.4) is 0 Å². The van der Waals surface area contributed by atoms with E-state index in [0.717, 1.165) is 140 Å². The fourth-order valence-electron chi connectivity index (χ4n) is 10.4. The number of imide groups is 1. The minimum absolute atomic E-state index is 0.0318. The summed E-state index contributed by atoms with van der Waals surface area (Å²) >= 11 is 0. The molecule has 2 aromatic heterocycles. The predicted molar refractivity (Wildman–Crippen MR) is 249 cm³/mol. The molecule has 5 aliphatic rings. The molecule has 8 rings (SSSR count). The lowest BCUT2D eigenvalue weighted by Crippen LogP contribution is -2.53. The monoisotopic (exact) mass is 887 g/mol.